The molecule has 3 heteroatoms. The van der Waals surface area contributed by atoms with E-state index in [1.165, 1.54) is 22.7 Å². The summed E-state index contributed by atoms with van der Waals surface area (Å²) in [6.45, 7) is 11.2. The van der Waals surface area contributed by atoms with Crippen LogP contribution in [0.5, 0.6) is 0 Å². The molecule has 1 aromatic carbocycles. The summed E-state index contributed by atoms with van der Waals surface area (Å²) >= 11 is 0. The predicted molar refractivity (Wildman–Crippen MR) is 85.7 cm³/mol. The van der Waals surface area contributed by atoms with Crippen LogP contribution in [-0.4, -0.2) is 17.2 Å². The van der Waals surface area contributed by atoms with Gasteiger partial charge in [-0.25, -0.2) is 0 Å². The second-order valence-electron chi connectivity index (χ2n) is 7.50. The van der Waals surface area contributed by atoms with E-state index in [0.29, 0.717) is 0 Å². The second-order valence-corrected chi connectivity index (χ2v) is 7.50. The highest BCUT2D eigenvalue weighted by Crippen LogP contribution is 2.42. The highest BCUT2D eigenvalue weighted by Gasteiger charge is 2.32. The van der Waals surface area contributed by atoms with Gasteiger partial charge in [-0.3, -0.25) is 0 Å². The Kier molecular flexibility index (Phi) is 3.87. The standard InChI is InChI=1S/C17H25BO2/c1-16(2,3)13-10-12(7-9-18(19)20)14-6-8-17(4,5)15(14)11-13/h7,9-11,19-20H,6,8H2,1-5H3. The van der Waals surface area contributed by atoms with Crippen LogP contribution in [0.1, 0.15) is 63.3 Å². The molecule has 2 rings (SSSR count). The summed E-state index contributed by atoms with van der Waals surface area (Å²) in [5.41, 5.74) is 5.51. The van der Waals surface area contributed by atoms with Crippen LogP contribution in [0.25, 0.3) is 6.08 Å². The summed E-state index contributed by atoms with van der Waals surface area (Å²) in [6.07, 6.45) is 4.06. The molecule has 1 aliphatic carbocycles. The van der Waals surface area contributed by atoms with Gasteiger partial charge in [0.15, 0.2) is 0 Å². The summed E-state index contributed by atoms with van der Waals surface area (Å²) in [4.78, 5) is 0. The lowest BCUT2D eigenvalue weighted by Gasteiger charge is -2.25. The van der Waals surface area contributed by atoms with Crippen molar-refractivity contribution in [2.75, 3.05) is 0 Å². The van der Waals surface area contributed by atoms with Crippen LogP contribution >= 0.6 is 0 Å². The molecule has 1 aliphatic rings. The van der Waals surface area contributed by atoms with Gasteiger partial charge < -0.3 is 10.0 Å². The van der Waals surface area contributed by atoms with Crippen molar-refractivity contribution in [3.05, 3.63) is 40.4 Å². The maximum atomic E-state index is 9.06. The van der Waals surface area contributed by atoms with E-state index in [1.54, 1.807) is 0 Å². The van der Waals surface area contributed by atoms with E-state index in [9.17, 15) is 0 Å². The minimum atomic E-state index is -1.39. The summed E-state index contributed by atoms with van der Waals surface area (Å²) in [6, 6.07) is 4.54. The van der Waals surface area contributed by atoms with Crippen molar-refractivity contribution >= 4 is 13.2 Å². The fourth-order valence-corrected chi connectivity index (χ4v) is 2.92. The van der Waals surface area contributed by atoms with Crippen LogP contribution < -0.4 is 0 Å². The molecular weight excluding hydrogens is 247 g/mol. The first kappa shape index (κ1) is 15.3. The Hall–Kier alpha value is -1.06. The van der Waals surface area contributed by atoms with Gasteiger partial charge in [0.1, 0.15) is 0 Å². The molecule has 2 nitrogen and oxygen atoms in total. The van der Waals surface area contributed by atoms with Crippen molar-refractivity contribution in [3.63, 3.8) is 0 Å². The predicted octanol–water partition coefficient (Wildman–Crippen LogP) is 3.23. The molecule has 0 saturated carbocycles. The topological polar surface area (TPSA) is 40.5 Å². The highest BCUT2D eigenvalue weighted by molar-refractivity contribution is 6.48. The Bertz CT molecular complexity index is 537. The molecule has 0 fully saturated rings. The summed E-state index contributed by atoms with van der Waals surface area (Å²) in [5.74, 6) is 1.44. The molecule has 0 radical (unpaired) electrons. The average molecular weight is 272 g/mol. The number of rotatable bonds is 2. The van der Waals surface area contributed by atoms with Gasteiger partial charge in [-0.05, 0) is 45.9 Å². The Labute approximate surface area is 122 Å². The molecule has 20 heavy (non-hydrogen) atoms. The lowest BCUT2D eigenvalue weighted by Crippen LogP contribution is -2.16. The third-order valence-corrected chi connectivity index (χ3v) is 4.33. The normalized spacial score (nSPS) is 17.6. The summed E-state index contributed by atoms with van der Waals surface area (Å²) in [5, 5.41) is 18.1. The van der Waals surface area contributed by atoms with Crippen molar-refractivity contribution < 1.29 is 10.0 Å². The van der Waals surface area contributed by atoms with Crippen molar-refractivity contribution in [2.24, 2.45) is 0 Å². The zero-order valence-electron chi connectivity index (χ0n) is 13.2. The fraction of sp³-hybridized carbons (Fsp3) is 0.529. The minimum Gasteiger partial charge on any atom is -0.424 e. The zero-order chi connectivity index (χ0) is 15.1. The molecule has 108 valence electrons. The van der Waals surface area contributed by atoms with Crippen LogP contribution in [0.15, 0.2) is 18.1 Å². The van der Waals surface area contributed by atoms with Gasteiger partial charge in [-0.15, -0.1) is 0 Å². The Balaban J connectivity index is 2.60. The minimum absolute atomic E-state index is 0.0914. The van der Waals surface area contributed by atoms with E-state index in [4.69, 9.17) is 10.0 Å². The molecular formula is C17H25BO2. The Morgan fingerprint density at radius 3 is 2.40 bits per heavy atom. The van der Waals surface area contributed by atoms with Gasteiger partial charge in [0, 0.05) is 0 Å². The molecule has 0 spiro atoms. The number of benzene rings is 1. The Morgan fingerprint density at radius 1 is 1.20 bits per heavy atom. The first-order valence-corrected chi connectivity index (χ1v) is 7.33. The van der Waals surface area contributed by atoms with Crippen molar-refractivity contribution in [2.45, 2.75) is 58.3 Å². The molecule has 2 N–H and O–H groups in total. The molecule has 0 unspecified atom stereocenters. The molecule has 0 aliphatic heterocycles. The molecule has 0 heterocycles. The van der Waals surface area contributed by atoms with Gasteiger partial charge in [0.05, 0.1) is 0 Å². The van der Waals surface area contributed by atoms with Crippen LogP contribution in [0, 0.1) is 0 Å². The van der Waals surface area contributed by atoms with Crippen molar-refractivity contribution in [1.29, 1.82) is 0 Å². The largest absolute Gasteiger partial charge is 0.480 e. The quantitative estimate of drug-likeness (QED) is 0.811. The van der Waals surface area contributed by atoms with Gasteiger partial charge in [-0.1, -0.05) is 58.8 Å². The van der Waals surface area contributed by atoms with Crippen LogP contribution in [0.2, 0.25) is 0 Å². The molecule has 0 bridgehead atoms. The van der Waals surface area contributed by atoms with E-state index < -0.39 is 7.12 Å². The van der Waals surface area contributed by atoms with Gasteiger partial charge in [-0.2, -0.15) is 0 Å². The van der Waals surface area contributed by atoms with Crippen molar-refractivity contribution in [1.82, 2.24) is 0 Å². The van der Waals surface area contributed by atoms with Crippen LogP contribution in [-0.2, 0) is 17.3 Å². The maximum Gasteiger partial charge on any atom is 0.480 e. The molecule has 0 atom stereocenters. The number of fused-ring (bicyclic) bond motifs is 1. The van der Waals surface area contributed by atoms with E-state index in [2.05, 4.69) is 46.8 Å². The molecule has 0 saturated heterocycles. The number of hydrogen-bond acceptors (Lipinski definition) is 2. The molecule has 1 aromatic rings. The lowest BCUT2D eigenvalue weighted by molar-refractivity contribution is 0.424. The number of hydrogen-bond donors (Lipinski definition) is 2. The highest BCUT2D eigenvalue weighted by atomic mass is 16.4. The smallest absolute Gasteiger partial charge is 0.424 e. The average Bonchev–Trinajstić information content (AvgIpc) is 2.61. The fourth-order valence-electron chi connectivity index (χ4n) is 2.92. The van der Waals surface area contributed by atoms with Gasteiger partial charge in [0.25, 0.3) is 0 Å². The molecule has 0 amide bonds. The van der Waals surface area contributed by atoms with E-state index in [0.717, 1.165) is 18.4 Å². The van der Waals surface area contributed by atoms with Crippen molar-refractivity contribution in [3.8, 4) is 0 Å². The van der Waals surface area contributed by atoms with Crippen LogP contribution in [0.4, 0.5) is 0 Å². The maximum absolute atomic E-state index is 9.06. The summed E-state index contributed by atoms with van der Waals surface area (Å²) in [7, 11) is -1.39. The second kappa shape index (κ2) is 5.05. The van der Waals surface area contributed by atoms with Gasteiger partial charge >= 0.3 is 7.12 Å². The van der Waals surface area contributed by atoms with E-state index >= 15 is 0 Å². The first-order valence-electron chi connectivity index (χ1n) is 7.33. The first-order chi connectivity index (χ1) is 9.11. The van der Waals surface area contributed by atoms with E-state index in [-0.39, 0.29) is 10.8 Å². The lowest BCUT2D eigenvalue weighted by atomic mass is 9.79. The third kappa shape index (κ3) is 2.99. The molecule has 0 aromatic heterocycles. The monoisotopic (exact) mass is 272 g/mol. The van der Waals surface area contributed by atoms with Crippen LogP contribution in [0.3, 0.4) is 0 Å². The summed E-state index contributed by atoms with van der Waals surface area (Å²) < 4.78 is 0. The van der Waals surface area contributed by atoms with E-state index in [1.807, 2.05) is 6.08 Å². The zero-order valence-corrected chi connectivity index (χ0v) is 13.2. The van der Waals surface area contributed by atoms with Gasteiger partial charge in [0.2, 0.25) is 0 Å². The SMILES string of the molecule is CC(C)(C)c1cc(C=CB(O)O)c2c(c1)C(C)(C)CC2. The Morgan fingerprint density at radius 2 is 1.85 bits per heavy atom. The third-order valence-electron chi connectivity index (χ3n) is 4.33.